The van der Waals surface area contributed by atoms with Gasteiger partial charge in [0.2, 0.25) is 5.78 Å². The number of hydrogen-bond donors (Lipinski definition) is 5. The number of ketones is 2. The maximum atomic E-state index is 13.9. The van der Waals surface area contributed by atoms with Crippen LogP contribution in [0.15, 0.2) is 18.2 Å². The van der Waals surface area contributed by atoms with Crippen molar-refractivity contribution < 1.29 is 54.1 Å². The quantitative estimate of drug-likeness (QED) is 0.253. The second-order valence-electron chi connectivity index (χ2n) is 12.2. The predicted octanol–water partition coefficient (Wildman–Crippen LogP) is 1.09. The van der Waals surface area contributed by atoms with Crippen molar-refractivity contribution in [3.8, 4) is 23.3 Å². The Hall–Kier alpha value is -3.61. The summed E-state index contributed by atoms with van der Waals surface area (Å²) >= 11 is 0. The fourth-order valence-corrected chi connectivity index (χ4v) is 7.13. The molecule has 0 aromatic heterocycles. The summed E-state index contributed by atoms with van der Waals surface area (Å²) in [4.78, 5) is 29.4. The van der Waals surface area contributed by atoms with E-state index in [9.17, 15) is 40.4 Å². The monoisotopic (exact) mass is 624 g/mol. The van der Waals surface area contributed by atoms with Crippen molar-refractivity contribution in [2.24, 2.45) is 0 Å². The first-order valence-electron chi connectivity index (χ1n) is 14.9. The Morgan fingerprint density at radius 2 is 1.89 bits per heavy atom. The third kappa shape index (κ3) is 4.97. The van der Waals surface area contributed by atoms with Crippen molar-refractivity contribution >= 4 is 11.6 Å². The molecule has 13 nitrogen and oxygen atoms in total. The number of morpholine rings is 1. The Kier molecular flexibility index (Phi) is 8.11. The molecule has 45 heavy (non-hydrogen) atoms. The molecule has 13 heteroatoms. The number of aromatic hydroxyl groups is 2. The van der Waals surface area contributed by atoms with Gasteiger partial charge in [-0.25, -0.2) is 0 Å². The van der Waals surface area contributed by atoms with Gasteiger partial charge in [0.1, 0.15) is 23.3 Å². The largest absolute Gasteiger partial charge is 0.507 e. The summed E-state index contributed by atoms with van der Waals surface area (Å²) in [5.41, 5.74) is -2.81. The Morgan fingerprint density at radius 1 is 1.16 bits per heavy atom. The Balaban J connectivity index is 1.43. The zero-order valence-electron chi connectivity index (χ0n) is 25.1. The molecule has 0 radical (unpaired) electrons. The summed E-state index contributed by atoms with van der Waals surface area (Å²) in [7, 11) is 1.35. The van der Waals surface area contributed by atoms with Gasteiger partial charge in [0.25, 0.3) is 0 Å². The van der Waals surface area contributed by atoms with Crippen LogP contribution in [0.1, 0.15) is 75.8 Å². The fraction of sp³-hybridized carbons (Fsp3) is 0.531. The average Bonchev–Trinajstić information content (AvgIpc) is 3.02. The van der Waals surface area contributed by atoms with Crippen LogP contribution in [0.4, 0.5) is 0 Å². The maximum Gasteiger partial charge on any atom is 0.202 e. The molecular formula is C32H36N2O11. The topological polar surface area (TPSA) is 199 Å². The zero-order valence-corrected chi connectivity index (χ0v) is 25.1. The van der Waals surface area contributed by atoms with Gasteiger partial charge in [-0.3, -0.25) is 14.5 Å². The smallest absolute Gasteiger partial charge is 0.202 e. The van der Waals surface area contributed by atoms with Crippen LogP contribution >= 0.6 is 0 Å². The van der Waals surface area contributed by atoms with Crippen molar-refractivity contribution in [3.63, 3.8) is 0 Å². The molecule has 0 spiro atoms. The number of carbonyl (C=O) groups is 2. The van der Waals surface area contributed by atoms with Gasteiger partial charge in [-0.2, -0.15) is 5.26 Å². The van der Waals surface area contributed by atoms with E-state index < -0.39 is 82.6 Å². The summed E-state index contributed by atoms with van der Waals surface area (Å²) < 4.78 is 23.1. The van der Waals surface area contributed by atoms with Crippen LogP contribution in [0.2, 0.25) is 0 Å². The summed E-state index contributed by atoms with van der Waals surface area (Å²) in [6.45, 7) is 3.98. The van der Waals surface area contributed by atoms with Gasteiger partial charge in [0.15, 0.2) is 12.1 Å². The number of nitriles is 1. The van der Waals surface area contributed by atoms with Crippen molar-refractivity contribution in [3.05, 3.63) is 51.6 Å². The molecule has 2 fully saturated rings. The van der Waals surface area contributed by atoms with E-state index in [2.05, 4.69) is 6.07 Å². The van der Waals surface area contributed by atoms with Gasteiger partial charge < -0.3 is 44.5 Å². The molecule has 2 aromatic rings. The number of rotatable bonds is 5. The van der Waals surface area contributed by atoms with Crippen LogP contribution in [0.5, 0.6) is 17.2 Å². The molecule has 0 saturated carbocycles. The molecule has 6 rings (SSSR count). The molecule has 0 bridgehead atoms. The van der Waals surface area contributed by atoms with Crippen LogP contribution in [0.3, 0.4) is 0 Å². The number of phenolic OH excluding ortho intramolecular Hbond substituents is 2. The van der Waals surface area contributed by atoms with E-state index >= 15 is 0 Å². The van der Waals surface area contributed by atoms with Gasteiger partial charge >= 0.3 is 0 Å². The molecule has 2 heterocycles. The highest BCUT2D eigenvalue weighted by atomic mass is 16.7. The summed E-state index contributed by atoms with van der Waals surface area (Å²) in [5, 5.41) is 66.2. The van der Waals surface area contributed by atoms with E-state index in [0.717, 1.165) is 0 Å². The number of carbonyl (C=O) groups excluding carboxylic acids is 2. The van der Waals surface area contributed by atoms with Gasteiger partial charge in [-0.05, 0) is 19.9 Å². The standard InChI is InChI=1S/C32H36N2O11/c1-14-27(36)19(34-7-8-43-13-16(34)12-33)9-22(44-14)45-21-11-32(41,15(2)35)10-18-24(21)31(40)26-25(29(18)38)28(37)17-5-4-6-20(42-3)23(17)30(26)39/h4-6,14-16,19,21-22,27,35-36,38,40-41H,7-11,13H2,1-3H3/t14?,15?,16?,19?,21?,22?,27?,32-/m0/s1. The van der Waals surface area contributed by atoms with Crippen molar-refractivity contribution in [2.75, 3.05) is 26.9 Å². The normalized spacial score (nSPS) is 32.2. The summed E-state index contributed by atoms with van der Waals surface area (Å²) in [6, 6.07) is 5.51. The molecule has 7 unspecified atom stereocenters. The SMILES string of the molecule is COc1cccc2c1C(=O)c1c(O)c3c(c(O)c1C2=O)C[C@@](O)(C(C)O)CC3OC1CC(N2CCOCC2C#N)C(O)C(C)O1. The lowest BCUT2D eigenvalue weighted by Crippen LogP contribution is -2.60. The number of aliphatic hydroxyl groups is 3. The van der Waals surface area contributed by atoms with E-state index in [4.69, 9.17) is 18.9 Å². The molecule has 2 saturated heterocycles. The number of hydrogen-bond acceptors (Lipinski definition) is 13. The molecule has 240 valence electrons. The van der Waals surface area contributed by atoms with E-state index in [1.807, 2.05) is 4.90 Å². The third-order valence-electron chi connectivity index (χ3n) is 9.62. The second kappa shape index (κ2) is 11.6. The van der Waals surface area contributed by atoms with Gasteiger partial charge in [0, 0.05) is 48.5 Å². The molecule has 2 aromatic carbocycles. The van der Waals surface area contributed by atoms with Crippen LogP contribution in [-0.2, 0) is 20.6 Å². The molecule has 0 amide bonds. The number of benzene rings is 2. The lowest BCUT2D eigenvalue weighted by atomic mass is 9.71. The molecule has 4 aliphatic rings. The minimum Gasteiger partial charge on any atom is -0.507 e. The van der Waals surface area contributed by atoms with Crippen LogP contribution in [-0.4, -0.2) is 111 Å². The molecular weight excluding hydrogens is 588 g/mol. The van der Waals surface area contributed by atoms with Crippen LogP contribution < -0.4 is 4.74 Å². The minimum atomic E-state index is -1.85. The number of phenols is 2. The first-order valence-corrected chi connectivity index (χ1v) is 14.9. The molecule has 5 N–H and O–H groups in total. The van der Waals surface area contributed by atoms with Crippen molar-refractivity contribution in [2.45, 2.75) is 81.5 Å². The number of fused-ring (bicyclic) bond motifs is 3. The van der Waals surface area contributed by atoms with Crippen molar-refractivity contribution in [1.29, 1.82) is 5.26 Å². The van der Waals surface area contributed by atoms with Crippen LogP contribution in [0.25, 0.3) is 0 Å². The highest BCUT2D eigenvalue weighted by Crippen LogP contribution is 2.53. The zero-order chi connectivity index (χ0) is 32.4. The first kappa shape index (κ1) is 31.4. The van der Waals surface area contributed by atoms with Gasteiger partial charge in [-0.15, -0.1) is 0 Å². The number of aliphatic hydroxyl groups excluding tert-OH is 2. The van der Waals surface area contributed by atoms with E-state index in [-0.39, 0.29) is 53.9 Å². The summed E-state index contributed by atoms with van der Waals surface area (Å²) in [6.07, 6.45) is -5.77. The molecule has 2 aliphatic heterocycles. The van der Waals surface area contributed by atoms with Crippen LogP contribution in [0, 0.1) is 11.3 Å². The lowest BCUT2D eigenvalue weighted by molar-refractivity contribution is -0.264. The van der Waals surface area contributed by atoms with Gasteiger partial charge in [0.05, 0.1) is 73.1 Å². The Labute approximate surface area is 259 Å². The van der Waals surface area contributed by atoms with E-state index in [1.54, 1.807) is 6.92 Å². The second-order valence-corrected chi connectivity index (χ2v) is 12.2. The van der Waals surface area contributed by atoms with Crippen molar-refractivity contribution in [1.82, 2.24) is 4.90 Å². The molecule has 8 atom stereocenters. The highest BCUT2D eigenvalue weighted by Gasteiger charge is 2.50. The Bertz CT molecular complexity index is 1590. The third-order valence-corrected chi connectivity index (χ3v) is 9.62. The number of methoxy groups -OCH3 is 1. The highest BCUT2D eigenvalue weighted by molar-refractivity contribution is 6.31. The minimum absolute atomic E-state index is 0.0103. The number of nitrogens with zero attached hydrogens (tertiary/aromatic N) is 2. The maximum absolute atomic E-state index is 13.9. The Morgan fingerprint density at radius 3 is 2.58 bits per heavy atom. The average molecular weight is 625 g/mol. The van der Waals surface area contributed by atoms with Gasteiger partial charge in [-0.1, -0.05) is 12.1 Å². The van der Waals surface area contributed by atoms with E-state index in [0.29, 0.717) is 13.2 Å². The number of ether oxygens (including phenoxy) is 4. The lowest BCUT2D eigenvalue weighted by Gasteiger charge is -2.47. The first-order chi connectivity index (χ1) is 21.4. The summed E-state index contributed by atoms with van der Waals surface area (Å²) in [5.74, 6) is -2.52. The predicted molar refractivity (Wildman–Crippen MR) is 154 cm³/mol. The fourth-order valence-electron chi connectivity index (χ4n) is 7.13. The van der Waals surface area contributed by atoms with E-state index in [1.165, 1.54) is 32.2 Å². The molecule has 2 aliphatic carbocycles.